The number of hydrogen-bond donors (Lipinski definition) is 0. The Kier molecular flexibility index (Phi) is 4.83. The molecule has 106 valence electrons. The SMILES string of the molecule is Cc1ccc(-c2c(I)cc(OC(F)(F)F)cc2I)cc1. The molecule has 20 heavy (non-hydrogen) atoms. The first-order valence-electron chi connectivity index (χ1n) is 5.58. The van der Waals surface area contributed by atoms with Crippen LogP contribution in [0.3, 0.4) is 0 Å². The summed E-state index contributed by atoms with van der Waals surface area (Å²) >= 11 is 4.05. The molecule has 1 nitrogen and oxygen atoms in total. The number of halogens is 5. The van der Waals surface area contributed by atoms with E-state index in [-0.39, 0.29) is 5.75 Å². The van der Waals surface area contributed by atoms with Gasteiger partial charge in [0.15, 0.2) is 0 Å². The Morgan fingerprint density at radius 2 is 1.45 bits per heavy atom. The fourth-order valence-electron chi connectivity index (χ4n) is 1.74. The normalized spacial score (nSPS) is 11.5. The molecule has 0 aromatic heterocycles. The van der Waals surface area contributed by atoms with Gasteiger partial charge in [0, 0.05) is 12.7 Å². The van der Waals surface area contributed by atoms with Crippen LogP contribution in [0.4, 0.5) is 13.2 Å². The monoisotopic (exact) mass is 504 g/mol. The van der Waals surface area contributed by atoms with Crippen molar-refractivity contribution in [3.63, 3.8) is 0 Å². The summed E-state index contributed by atoms with van der Waals surface area (Å²) in [5.74, 6) is -0.192. The molecule has 0 aliphatic carbocycles. The van der Waals surface area contributed by atoms with Crippen molar-refractivity contribution in [2.75, 3.05) is 0 Å². The van der Waals surface area contributed by atoms with Crippen LogP contribution in [0.5, 0.6) is 5.75 Å². The number of ether oxygens (including phenoxy) is 1. The summed E-state index contributed by atoms with van der Waals surface area (Å²) in [7, 11) is 0. The van der Waals surface area contributed by atoms with Gasteiger partial charge < -0.3 is 4.74 Å². The lowest BCUT2D eigenvalue weighted by Crippen LogP contribution is -2.17. The molecule has 0 saturated heterocycles. The largest absolute Gasteiger partial charge is 0.573 e. The summed E-state index contributed by atoms with van der Waals surface area (Å²) in [4.78, 5) is 0. The van der Waals surface area contributed by atoms with Crippen LogP contribution in [0.1, 0.15) is 5.56 Å². The molecule has 2 aromatic carbocycles. The van der Waals surface area contributed by atoms with E-state index < -0.39 is 6.36 Å². The van der Waals surface area contributed by atoms with Crippen LogP contribution in [0.25, 0.3) is 11.1 Å². The van der Waals surface area contributed by atoms with Crippen molar-refractivity contribution in [3.8, 4) is 16.9 Å². The molecule has 0 unspecified atom stereocenters. The molecule has 0 atom stereocenters. The first kappa shape index (κ1) is 15.9. The predicted octanol–water partition coefficient (Wildman–Crippen LogP) is 5.77. The molecule has 0 N–H and O–H groups in total. The smallest absolute Gasteiger partial charge is 0.406 e. The van der Waals surface area contributed by atoms with Crippen LogP contribution in [0.15, 0.2) is 36.4 Å². The van der Waals surface area contributed by atoms with Gasteiger partial charge in [-0.25, -0.2) is 0 Å². The third-order valence-electron chi connectivity index (χ3n) is 2.59. The number of hydrogen-bond acceptors (Lipinski definition) is 1. The molecule has 0 spiro atoms. The Labute approximate surface area is 141 Å². The molecular formula is C14H9F3I2O. The van der Waals surface area contributed by atoms with Gasteiger partial charge in [0.2, 0.25) is 0 Å². The first-order valence-corrected chi connectivity index (χ1v) is 7.74. The number of benzene rings is 2. The Hall–Kier alpha value is -0.510. The second-order valence-corrected chi connectivity index (χ2v) is 6.50. The molecule has 0 bridgehead atoms. The molecule has 0 amide bonds. The van der Waals surface area contributed by atoms with Crippen LogP contribution >= 0.6 is 45.2 Å². The van der Waals surface area contributed by atoms with Crippen molar-refractivity contribution in [1.29, 1.82) is 0 Å². The highest BCUT2D eigenvalue weighted by Gasteiger charge is 2.31. The van der Waals surface area contributed by atoms with Crippen molar-refractivity contribution in [1.82, 2.24) is 0 Å². The van der Waals surface area contributed by atoms with E-state index in [0.29, 0.717) is 0 Å². The van der Waals surface area contributed by atoms with Crippen LogP contribution < -0.4 is 4.74 Å². The van der Waals surface area contributed by atoms with E-state index in [1.54, 1.807) is 0 Å². The van der Waals surface area contributed by atoms with Gasteiger partial charge >= 0.3 is 6.36 Å². The molecule has 0 fully saturated rings. The second kappa shape index (κ2) is 6.08. The average molecular weight is 504 g/mol. The minimum atomic E-state index is -4.67. The van der Waals surface area contributed by atoms with Crippen molar-refractivity contribution in [2.24, 2.45) is 0 Å². The zero-order valence-electron chi connectivity index (χ0n) is 10.3. The summed E-state index contributed by atoms with van der Waals surface area (Å²) < 4.78 is 42.1. The molecule has 0 radical (unpaired) electrons. The fraction of sp³-hybridized carbons (Fsp3) is 0.143. The first-order chi connectivity index (χ1) is 9.26. The molecule has 0 aliphatic heterocycles. The quantitative estimate of drug-likeness (QED) is 0.473. The van der Waals surface area contributed by atoms with Gasteiger partial charge in [-0.05, 0) is 69.8 Å². The van der Waals surface area contributed by atoms with Gasteiger partial charge in [0.1, 0.15) is 5.75 Å². The zero-order valence-corrected chi connectivity index (χ0v) is 14.6. The topological polar surface area (TPSA) is 9.23 Å². The van der Waals surface area contributed by atoms with E-state index in [1.165, 1.54) is 12.1 Å². The van der Waals surface area contributed by atoms with Crippen molar-refractivity contribution in [2.45, 2.75) is 13.3 Å². The van der Waals surface area contributed by atoms with Gasteiger partial charge in [0.25, 0.3) is 0 Å². The molecule has 2 aromatic rings. The van der Waals surface area contributed by atoms with E-state index in [1.807, 2.05) is 76.4 Å². The minimum absolute atomic E-state index is 0.192. The second-order valence-electron chi connectivity index (χ2n) is 4.18. The molecule has 2 rings (SSSR count). The van der Waals surface area contributed by atoms with Crippen LogP contribution in [0, 0.1) is 14.1 Å². The van der Waals surface area contributed by atoms with Crippen molar-refractivity contribution >= 4 is 45.2 Å². The molecular weight excluding hydrogens is 495 g/mol. The summed E-state index contributed by atoms with van der Waals surface area (Å²) in [6, 6.07) is 10.7. The van der Waals surface area contributed by atoms with E-state index in [2.05, 4.69) is 4.74 Å². The molecule has 0 heterocycles. The van der Waals surface area contributed by atoms with Crippen LogP contribution in [-0.4, -0.2) is 6.36 Å². The summed E-state index contributed by atoms with van der Waals surface area (Å²) in [5, 5.41) is 0. The highest BCUT2D eigenvalue weighted by atomic mass is 127. The van der Waals surface area contributed by atoms with E-state index in [0.717, 1.165) is 23.8 Å². The zero-order chi connectivity index (χ0) is 14.9. The predicted molar refractivity (Wildman–Crippen MR) is 88.7 cm³/mol. The summed E-state index contributed by atoms with van der Waals surface area (Å²) in [6.07, 6.45) is -4.67. The van der Waals surface area contributed by atoms with Crippen molar-refractivity contribution < 1.29 is 17.9 Å². The Morgan fingerprint density at radius 1 is 0.950 bits per heavy atom. The van der Waals surface area contributed by atoms with E-state index >= 15 is 0 Å². The highest BCUT2D eigenvalue weighted by Crippen LogP contribution is 2.35. The lowest BCUT2D eigenvalue weighted by Gasteiger charge is -2.13. The maximum absolute atomic E-state index is 12.2. The van der Waals surface area contributed by atoms with E-state index in [4.69, 9.17) is 0 Å². The lowest BCUT2D eigenvalue weighted by molar-refractivity contribution is -0.274. The molecule has 0 saturated carbocycles. The Bertz CT molecular complexity index is 598. The van der Waals surface area contributed by atoms with Gasteiger partial charge in [-0.1, -0.05) is 29.8 Å². The highest BCUT2D eigenvalue weighted by molar-refractivity contribution is 14.1. The minimum Gasteiger partial charge on any atom is -0.406 e. The maximum atomic E-state index is 12.2. The Morgan fingerprint density at radius 3 is 1.90 bits per heavy atom. The fourth-order valence-corrected chi connectivity index (χ4v) is 4.07. The van der Waals surface area contributed by atoms with Gasteiger partial charge in [-0.2, -0.15) is 0 Å². The number of rotatable bonds is 2. The van der Waals surface area contributed by atoms with Crippen LogP contribution in [0.2, 0.25) is 0 Å². The third kappa shape index (κ3) is 4.00. The van der Waals surface area contributed by atoms with Gasteiger partial charge in [-0.15, -0.1) is 13.2 Å². The number of aryl methyl sites for hydroxylation is 1. The Balaban J connectivity index is 2.43. The number of alkyl halides is 3. The third-order valence-corrected chi connectivity index (χ3v) is 4.29. The molecule has 6 heteroatoms. The lowest BCUT2D eigenvalue weighted by atomic mass is 10.0. The van der Waals surface area contributed by atoms with Crippen LogP contribution in [-0.2, 0) is 0 Å². The summed E-state index contributed by atoms with van der Waals surface area (Å²) in [6.45, 7) is 1.99. The van der Waals surface area contributed by atoms with Gasteiger partial charge in [0.05, 0.1) is 0 Å². The molecule has 0 aliphatic rings. The van der Waals surface area contributed by atoms with Gasteiger partial charge in [-0.3, -0.25) is 0 Å². The summed E-state index contributed by atoms with van der Waals surface area (Å²) in [5.41, 5.74) is 3.03. The maximum Gasteiger partial charge on any atom is 0.573 e. The average Bonchev–Trinajstić information content (AvgIpc) is 2.28. The van der Waals surface area contributed by atoms with E-state index in [9.17, 15) is 13.2 Å². The van der Waals surface area contributed by atoms with Crippen molar-refractivity contribution in [3.05, 3.63) is 49.1 Å². The standard InChI is InChI=1S/C14H9F3I2O/c1-8-2-4-9(5-3-8)13-11(18)6-10(7-12(13)19)20-14(15,16)17/h2-7H,1H3.